The molecule has 1 aromatic heterocycles. The Bertz CT molecular complexity index is 900. The average Bonchev–Trinajstić information content (AvgIpc) is 3.10. The molecule has 0 spiro atoms. The quantitative estimate of drug-likeness (QED) is 0.476. The van der Waals surface area contributed by atoms with Crippen molar-refractivity contribution in [3.63, 3.8) is 0 Å². The van der Waals surface area contributed by atoms with Crippen LogP contribution in [-0.2, 0) is 33.8 Å². The summed E-state index contributed by atoms with van der Waals surface area (Å²) in [6.07, 6.45) is 5.43. The van der Waals surface area contributed by atoms with Crippen LogP contribution >= 0.6 is 0 Å². The minimum atomic E-state index is -0.786. The molecule has 1 heterocycles. The molecule has 6 nitrogen and oxygen atoms in total. The molecule has 0 bridgehead atoms. The van der Waals surface area contributed by atoms with Gasteiger partial charge in [-0.25, -0.2) is 9.78 Å². The number of rotatable bonds is 8. The first kappa shape index (κ1) is 25.6. The molecule has 2 aromatic rings. The smallest absolute Gasteiger partial charge is 0.329 e. The Morgan fingerprint density at radius 3 is 2.12 bits per heavy atom. The number of carbonyl (C=O) groups is 2. The van der Waals surface area contributed by atoms with Gasteiger partial charge >= 0.3 is 5.97 Å². The van der Waals surface area contributed by atoms with E-state index in [1.54, 1.807) is 12.5 Å². The van der Waals surface area contributed by atoms with E-state index in [2.05, 4.69) is 57.9 Å². The highest BCUT2D eigenvalue weighted by molar-refractivity contribution is 5.97. The van der Waals surface area contributed by atoms with Crippen LogP contribution in [0.15, 0.2) is 30.7 Å². The predicted octanol–water partition coefficient (Wildman–Crippen LogP) is 4.70. The van der Waals surface area contributed by atoms with E-state index >= 15 is 0 Å². The second-order valence-corrected chi connectivity index (χ2v) is 10.5. The van der Waals surface area contributed by atoms with Crippen LogP contribution in [0, 0.1) is 0 Å². The van der Waals surface area contributed by atoms with Gasteiger partial charge in [0.2, 0.25) is 0 Å². The van der Waals surface area contributed by atoms with Crippen LogP contribution in [0.25, 0.3) is 0 Å². The number of nitrogens with one attached hydrogen (secondary N) is 1. The van der Waals surface area contributed by atoms with Gasteiger partial charge in [0.05, 0.1) is 12.9 Å². The summed E-state index contributed by atoms with van der Waals surface area (Å²) in [5.41, 5.74) is 3.36. The number of nitrogens with zero attached hydrogens (tertiary/aromatic N) is 2. The zero-order valence-electron chi connectivity index (χ0n) is 20.9. The van der Waals surface area contributed by atoms with Crippen LogP contribution in [-0.4, -0.2) is 34.1 Å². The Morgan fingerprint density at radius 2 is 1.66 bits per heavy atom. The number of ether oxygens (including phenoxy) is 1. The van der Waals surface area contributed by atoms with Gasteiger partial charge in [-0.2, -0.15) is 0 Å². The summed E-state index contributed by atoms with van der Waals surface area (Å²) in [6.45, 7) is 15.2. The number of imidazole rings is 1. The van der Waals surface area contributed by atoms with E-state index in [0.29, 0.717) is 18.6 Å². The number of esters is 1. The maximum atomic E-state index is 13.3. The Balaban J connectivity index is 2.35. The molecule has 176 valence electrons. The second-order valence-electron chi connectivity index (χ2n) is 10.5. The molecule has 0 aliphatic rings. The lowest BCUT2D eigenvalue weighted by molar-refractivity contribution is -0.146. The van der Waals surface area contributed by atoms with Gasteiger partial charge in [-0.15, -0.1) is 0 Å². The standard InChI is InChI=1S/C26H39N3O3/c1-9-10-11-32-24(31)22(15-21-16-27-17-29(21)8)28-23(30)18-12-19(25(2,3)4)14-20(13-18)26(5,6)7/h12-14,16-17,22H,9-11,15H2,1-8H3,(H,28,30)/t22-/m0/s1. The predicted molar refractivity (Wildman–Crippen MR) is 128 cm³/mol. The van der Waals surface area contributed by atoms with Gasteiger partial charge in [-0.05, 0) is 40.5 Å². The fraction of sp³-hybridized carbons (Fsp3) is 0.577. The molecule has 1 aromatic carbocycles. The first-order valence-corrected chi connectivity index (χ1v) is 11.4. The molecule has 1 N–H and O–H groups in total. The minimum absolute atomic E-state index is 0.108. The highest BCUT2D eigenvalue weighted by atomic mass is 16.5. The molecule has 0 radical (unpaired) electrons. The first-order chi connectivity index (χ1) is 14.8. The number of amides is 1. The number of aromatic nitrogens is 2. The van der Waals surface area contributed by atoms with Gasteiger partial charge in [0.15, 0.2) is 0 Å². The van der Waals surface area contributed by atoms with Gasteiger partial charge in [-0.1, -0.05) is 61.0 Å². The molecule has 0 saturated carbocycles. The van der Waals surface area contributed by atoms with E-state index in [1.807, 2.05) is 30.7 Å². The van der Waals surface area contributed by atoms with Crippen molar-refractivity contribution in [2.45, 2.75) is 84.6 Å². The number of carbonyl (C=O) groups excluding carboxylic acids is 2. The van der Waals surface area contributed by atoms with E-state index < -0.39 is 12.0 Å². The van der Waals surface area contributed by atoms with Gasteiger partial charge in [0.25, 0.3) is 5.91 Å². The molecule has 2 rings (SSSR count). The maximum Gasteiger partial charge on any atom is 0.329 e. The molecule has 1 atom stereocenters. The highest BCUT2D eigenvalue weighted by Crippen LogP contribution is 2.30. The maximum absolute atomic E-state index is 13.3. The zero-order valence-corrected chi connectivity index (χ0v) is 20.9. The molecule has 0 aliphatic carbocycles. The summed E-state index contributed by atoms with van der Waals surface area (Å²) in [6, 6.07) is 5.23. The molecule has 32 heavy (non-hydrogen) atoms. The van der Waals surface area contributed by atoms with Crippen LogP contribution in [0.3, 0.4) is 0 Å². The van der Waals surface area contributed by atoms with Crippen molar-refractivity contribution in [3.8, 4) is 0 Å². The number of unbranched alkanes of at least 4 members (excludes halogenated alkanes) is 1. The summed E-state index contributed by atoms with van der Waals surface area (Å²) >= 11 is 0. The van der Waals surface area contributed by atoms with Crippen LogP contribution in [0.1, 0.15) is 88.5 Å². The molecular weight excluding hydrogens is 402 g/mol. The van der Waals surface area contributed by atoms with Crippen molar-refractivity contribution in [2.24, 2.45) is 7.05 Å². The third kappa shape index (κ3) is 6.94. The molecule has 0 saturated heterocycles. The lowest BCUT2D eigenvalue weighted by Gasteiger charge is -2.26. The van der Waals surface area contributed by atoms with E-state index in [-0.39, 0.29) is 16.7 Å². The van der Waals surface area contributed by atoms with Gasteiger partial charge in [0, 0.05) is 30.9 Å². The number of hydrogen-bond acceptors (Lipinski definition) is 4. The molecule has 0 unspecified atom stereocenters. The topological polar surface area (TPSA) is 73.2 Å². The van der Waals surface area contributed by atoms with Crippen LogP contribution in [0.2, 0.25) is 0 Å². The molecule has 0 fully saturated rings. The lowest BCUT2D eigenvalue weighted by Crippen LogP contribution is -2.44. The number of aryl methyl sites for hydroxylation is 1. The third-order valence-electron chi connectivity index (χ3n) is 5.59. The summed E-state index contributed by atoms with van der Waals surface area (Å²) in [4.78, 5) is 30.3. The van der Waals surface area contributed by atoms with E-state index in [0.717, 1.165) is 29.7 Å². The average molecular weight is 442 g/mol. The number of benzene rings is 1. The summed E-state index contributed by atoms with van der Waals surface area (Å²) in [5.74, 6) is -0.697. The normalized spacial score (nSPS) is 13.0. The molecule has 0 aliphatic heterocycles. The van der Waals surface area contributed by atoms with Gasteiger partial charge in [-0.3, -0.25) is 4.79 Å². The molecular formula is C26H39N3O3. The van der Waals surface area contributed by atoms with Crippen LogP contribution in [0.5, 0.6) is 0 Å². The Kier molecular flexibility index (Phi) is 8.27. The third-order valence-corrected chi connectivity index (χ3v) is 5.59. The van der Waals surface area contributed by atoms with Crippen molar-refractivity contribution < 1.29 is 14.3 Å². The fourth-order valence-corrected chi connectivity index (χ4v) is 3.27. The Morgan fingerprint density at radius 1 is 1.06 bits per heavy atom. The van der Waals surface area contributed by atoms with Crippen molar-refractivity contribution in [1.82, 2.24) is 14.9 Å². The minimum Gasteiger partial charge on any atom is -0.464 e. The molecule has 6 heteroatoms. The van der Waals surface area contributed by atoms with Crippen molar-refractivity contribution in [2.75, 3.05) is 6.61 Å². The van der Waals surface area contributed by atoms with Gasteiger partial charge in [0.1, 0.15) is 6.04 Å². The monoisotopic (exact) mass is 441 g/mol. The SMILES string of the molecule is CCCCOC(=O)[C@H](Cc1cncn1C)NC(=O)c1cc(C(C)(C)C)cc(C(C)(C)C)c1. The summed E-state index contributed by atoms with van der Waals surface area (Å²) in [5, 5.41) is 2.93. The number of hydrogen-bond donors (Lipinski definition) is 1. The summed E-state index contributed by atoms with van der Waals surface area (Å²) < 4.78 is 7.29. The largest absolute Gasteiger partial charge is 0.464 e. The van der Waals surface area contributed by atoms with Gasteiger partial charge < -0.3 is 14.6 Å². The van der Waals surface area contributed by atoms with Crippen LogP contribution in [0.4, 0.5) is 0 Å². The summed E-state index contributed by atoms with van der Waals surface area (Å²) in [7, 11) is 1.87. The van der Waals surface area contributed by atoms with E-state index in [9.17, 15) is 9.59 Å². The lowest BCUT2D eigenvalue weighted by atomic mass is 9.79. The fourth-order valence-electron chi connectivity index (χ4n) is 3.27. The Labute approximate surface area is 192 Å². The Hall–Kier alpha value is -2.63. The van der Waals surface area contributed by atoms with Crippen LogP contribution < -0.4 is 5.32 Å². The van der Waals surface area contributed by atoms with E-state index in [4.69, 9.17) is 4.74 Å². The van der Waals surface area contributed by atoms with Crippen molar-refractivity contribution in [1.29, 1.82) is 0 Å². The zero-order chi connectivity index (χ0) is 24.1. The first-order valence-electron chi connectivity index (χ1n) is 11.4. The van der Waals surface area contributed by atoms with E-state index in [1.165, 1.54) is 0 Å². The highest BCUT2D eigenvalue weighted by Gasteiger charge is 2.27. The van der Waals surface area contributed by atoms with Crippen molar-refractivity contribution in [3.05, 3.63) is 53.1 Å². The second kappa shape index (κ2) is 10.3. The molecule has 1 amide bonds. The van der Waals surface area contributed by atoms with Crippen molar-refractivity contribution >= 4 is 11.9 Å².